The molecule has 2 aliphatic rings. The summed E-state index contributed by atoms with van der Waals surface area (Å²) in [5.74, 6) is -2.79. The number of fused-ring (bicyclic) bond motifs is 1. The summed E-state index contributed by atoms with van der Waals surface area (Å²) in [4.78, 5) is 50.1. The van der Waals surface area contributed by atoms with Crippen LogP contribution in [0.25, 0.3) is 0 Å². The first-order valence-electron chi connectivity index (χ1n) is 10.6. The van der Waals surface area contributed by atoms with Gasteiger partial charge in [0, 0.05) is 24.1 Å². The SMILES string of the molecule is O=C1CCC(N2Cc3cc(C(=O)N[C@H](c4ccc(C(F)(F)F)cc4)C(F)(F)F)ccc3C2=O)C(=O)N1. The van der Waals surface area contributed by atoms with Gasteiger partial charge in [-0.15, -0.1) is 0 Å². The number of nitrogens with one attached hydrogen (secondary N) is 2. The van der Waals surface area contributed by atoms with Crippen molar-refractivity contribution in [1.29, 1.82) is 0 Å². The Balaban J connectivity index is 1.54. The zero-order chi connectivity index (χ0) is 26.4. The maximum Gasteiger partial charge on any atom is 0.416 e. The van der Waals surface area contributed by atoms with Crippen molar-refractivity contribution < 1.29 is 45.5 Å². The van der Waals surface area contributed by atoms with Gasteiger partial charge in [0.05, 0.1) is 5.56 Å². The van der Waals surface area contributed by atoms with Crippen LogP contribution in [-0.4, -0.2) is 40.7 Å². The summed E-state index contributed by atoms with van der Waals surface area (Å²) in [7, 11) is 0. The van der Waals surface area contributed by atoms with Gasteiger partial charge in [0.25, 0.3) is 11.8 Å². The van der Waals surface area contributed by atoms with Gasteiger partial charge in [0.15, 0.2) is 6.04 Å². The molecule has 13 heteroatoms. The molecule has 1 fully saturated rings. The average molecular weight is 513 g/mol. The number of benzene rings is 2. The number of alkyl halides is 6. The van der Waals surface area contributed by atoms with Crippen LogP contribution < -0.4 is 10.6 Å². The van der Waals surface area contributed by atoms with Crippen molar-refractivity contribution in [1.82, 2.24) is 15.5 Å². The van der Waals surface area contributed by atoms with Crippen LogP contribution >= 0.6 is 0 Å². The van der Waals surface area contributed by atoms with Crippen LogP contribution in [0.4, 0.5) is 26.3 Å². The molecule has 190 valence electrons. The number of rotatable bonds is 4. The van der Waals surface area contributed by atoms with Gasteiger partial charge in [-0.05, 0) is 47.9 Å². The van der Waals surface area contributed by atoms with E-state index in [4.69, 9.17) is 0 Å². The third-order valence-electron chi connectivity index (χ3n) is 5.96. The van der Waals surface area contributed by atoms with Gasteiger partial charge in [0.2, 0.25) is 11.8 Å². The van der Waals surface area contributed by atoms with Crippen molar-refractivity contribution >= 4 is 23.6 Å². The van der Waals surface area contributed by atoms with Crippen molar-refractivity contribution in [2.75, 3.05) is 0 Å². The summed E-state index contributed by atoms with van der Waals surface area (Å²) in [5.41, 5.74) is -1.48. The number of hydrogen-bond donors (Lipinski definition) is 2. The van der Waals surface area contributed by atoms with E-state index in [0.29, 0.717) is 29.8 Å². The lowest BCUT2D eigenvalue weighted by Crippen LogP contribution is -2.52. The Labute approximate surface area is 199 Å². The zero-order valence-corrected chi connectivity index (χ0v) is 18.2. The van der Waals surface area contributed by atoms with Crippen LogP contribution in [0, 0.1) is 0 Å². The first kappa shape index (κ1) is 25.2. The van der Waals surface area contributed by atoms with Gasteiger partial charge in [-0.25, -0.2) is 0 Å². The minimum absolute atomic E-state index is 0.0347. The molecule has 2 heterocycles. The molecule has 1 unspecified atom stereocenters. The molecule has 1 saturated heterocycles. The highest BCUT2D eigenvalue weighted by atomic mass is 19.4. The lowest BCUT2D eigenvalue weighted by molar-refractivity contribution is -0.155. The molecule has 2 N–H and O–H groups in total. The van der Waals surface area contributed by atoms with Gasteiger partial charge in [-0.2, -0.15) is 26.3 Å². The van der Waals surface area contributed by atoms with E-state index in [1.165, 1.54) is 17.0 Å². The van der Waals surface area contributed by atoms with Gasteiger partial charge < -0.3 is 10.2 Å². The predicted octanol–water partition coefficient (Wildman–Crippen LogP) is 3.50. The number of hydrogen-bond acceptors (Lipinski definition) is 4. The molecule has 2 atom stereocenters. The molecule has 2 aliphatic heterocycles. The predicted molar refractivity (Wildman–Crippen MR) is 110 cm³/mol. The van der Waals surface area contributed by atoms with Crippen LogP contribution in [0.3, 0.4) is 0 Å². The monoisotopic (exact) mass is 513 g/mol. The van der Waals surface area contributed by atoms with E-state index in [1.54, 1.807) is 5.32 Å². The Morgan fingerprint density at radius 1 is 1.00 bits per heavy atom. The highest BCUT2D eigenvalue weighted by Crippen LogP contribution is 2.36. The van der Waals surface area contributed by atoms with Crippen LogP contribution in [0.2, 0.25) is 0 Å². The molecule has 0 aliphatic carbocycles. The van der Waals surface area contributed by atoms with E-state index in [9.17, 15) is 45.5 Å². The molecule has 4 rings (SSSR count). The van der Waals surface area contributed by atoms with E-state index in [0.717, 1.165) is 6.07 Å². The quantitative estimate of drug-likeness (QED) is 0.484. The molecule has 2 aromatic rings. The maximum absolute atomic E-state index is 13.7. The molecule has 0 spiro atoms. The molecular formula is C23H17F6N3O4. The smallest absolute Gasteiger partial charge is 0.337 e. The van der Waals surface area contributed by atoms with Crippen LogP contribution in [0.15, 0.2) is 42.5 Å². The minimum atomic E-state index is -5.01. The topological polar surface area (TPSA) is 95.6 Å². The van der Waals surface area contributed by atoms with Crippen molar-refractivity contribution in [2.45, 2.75) is 43.8 Å². The van der Waals surface area contributed by atoms with Gasteiger partial charge in [-0.3, -0.25) is 24.5 Å². The van der Waals surface area contributed by atoms with Crippen molar-refractivity contribution in [3.05, 3.63) is 70.3 Å². The third kappa shape index (κ3) is 4.90. The fourth-order valence-corrected chi connectivity index (χ4v) is 4.15. The number of carbonyl (C=O) groups excluding carboxylic acids is 4. The van der Waals surface area contributed by atoms with E-state index < -0.39 is 59.2 Å². The molecule has 4 amide bonds. The second-order valence-corrected chi connectivity index (χ2v) is 8.34. The molecule has 2 aromatic carbocycles. The Hall–Kier alpha value is -3.90. The molecule has 36 heavy (non-hydrogen) atoms. The maximum atomic E-state index is 13.7. The summed E-state index contributed by atoms with van der Waals surface area (Å²) >= 11 is 0. The summed E-state index contributed by atoms with van der Waals surface area (Å²) in [6.07, 6.45) is -9.60. The zero-order valence-electron chi connectivity index (χ0n) is 18.2. The minimum Gasteiger partial charge on any atom is -0.337 e. The Kier molecular flexibility index (Phi) is 6.27. The largest absolute Gasteiger partial charge is 0.416 e. The Bertz CT molecular complexity index is 1240. The van der Waals surface area contributed by atoms with Crippen LogP contribution in [0.5, 0.6) is 0 Å². The number of carbonyl (C=O) groups is 4. The Morgan fingerprint density at radius 2 is 1.67 bits per heavy atom. The van der Waals surface area contributed by atoms with Crippen LogP contribution in [0.1, 0.15) is 56.3 Å². The van der Waals surface area contributed by atoms with Gasteiger partial charge in [0.1, 0.15) is 6.04 Å². The van der Waals surface area contributed by atoms with Crippen LogP contribution in [-0.2, 0) is 22.3 Å². The summed E-state index contributed by atoms with van der Waals surface area (Å²) in [5, 5.41) is 3.93. The van der Waals surface area contributed by atoms with E-state index in [2.05, 4.69) is 5.32 Å². The van der Waals surface area contributed by atoms with E-state index >= 15 is 0 Å². The molecule has 0 saturated carbocycles. The Morgan fingerprint density at radius 3 is 2.25 bits per heavy atom. The highest BCUT2D eigenvalue weighted by molar-refractivity contribution is 6.06. The van der Waals surface area contributed by atoms with Crippen molar-refractivity contribution in [3.63, 3.8) is 0 Å². The standard InChI is InChI=1S/C23H17F6N3O4/c24-22(25,26)14-4-1-11(2-5-14)18(23(27,28)29)31-19(34)12-3-6-15-13(9-12)10-32(21(15)36)16-7-8-17(33)30-20(16)35/h1-6,9,16,18H,7-8,10H2,(H,31,34)(H,30,33,35)/t16?,18-/m1/s1. The molecular weight excluding hydrogens is 496 g/mol. The van der Waals surface area contributed by atoms with Gasteiger partial charge >= 0.3 is 12.4 Å². The van der Waals surface area contributed by atoms with Crippen molar-refractivity contribution in [3.8, 4) is 0 Å². The van der Waals surface area contributed by atoms with Crippen molar-refractivity contribution in [2.24, 2.45) is 0 Å². The molecule has 0 aromatic heterocycles. The number of imide groups is 1. The molecule has 0 bridgehead atoms. The number of halogens is 6. The van der Waals surface area contributed by atoms with Gasteiger partial charge in [-0.1, -0.05) is 12.1 Å². The third-order valence-corrected chi connectivity index (χ3v) is 5.96. The summed E-state index contributed by atoms with van der Waals surface area (Å²) < 4.78 is 79.2. The second kappa shape index (κ2) is 8.95. The number of piperidine rings is 1. The normalized spacial score (nSPS) is 19.1. The fourth-order valence-electron chi connectivity index (χ4n) is 4.15. The fraction of sp³-hybridized carbons (Fsp3) is 0.304. The highest BCUT2D eigenvalue weighted by Gasteiger charge is 2.43. The number of amides is 4. The molecule has 7 nitrogen and oxygen atoms in total. The summed E-state index contributed by atoms with van der Waals surface area (Å²) in [6.45, 7) is -0.0941. The average Bonchev–Trinajstić information content (AvgIpc) is 3.11. The lowest BCUT2D eigenvalue weighted by atomic mass is 10.0. The number of nitrogens with zero attached hydrogens (tertiary/aromatic N) is 1. The van der Waals surface area contributed by atoms with E-state index in [1.807, 2.05) is 0 Å². The second-order valence-electron chi connectivity index (χ2n) is 8.34. The first-order valence-corrected chi connectivity index (χ1v) is 10.6. The lowest BCUT2D eigenvalue weighted by Gasteiger charge is -2.29. The summed E-state index contributed by atoms with van der Waals surface area (Å²) in [6, 6.07) is 2.38. The van der Waals surface area contributed by atoms with E-state index in [-0.39, 0.29) is 30.5 Å². The first-order chi connectivity index (χ1) is 16.8. The molecule has 0 radical (unpaired) electrons.